The Bertz CT molecular complexity index is 1210. The number of halogens is 2. The number of carboxylic acid groups (broad SMARTS) is 1. The van der Waals surface area contributed by atoms with Crippen LogP contribution in [0.2, 0.25) is 5.02 Å². The second-order valence-corrected chi connectivity index (χ2v) is 8.55. The van der Waals surface area contributed by atoms with Crippen molar-refractivity contribution < 1.29 is 28.2 Å². The summed E-state index contributed by atoms with van der Waals surface area (Å²) in [5.74, 6) is -1.82. The van der Waals surface area contributed by atoms with Crippen molar-refractivity contribution in [3.8, 4) is 5.88 Å². The highest BCUT2D eigenvalue weighted by Crippen LogP contribution is 2.28. The summed E-state index contributed by atoms with van der Waals surface area (Å²) < 4.78 is 24.8. The summed E-state index contributed by atoms with van der Waals surface area (Å²) in [4.78, 5) is 28.0. The molecule has 0 bridgehead atoms. The Hall–Kier alpha value is -3.53. The van der Waals surface area contributed by atoms with Crippen LogP contribution in [0.15, 0.2) is 34.9 Å². The fraction of sp³-hybridized carbons (Fsp3) is 0.348. The highest BCUT2D eigenvalue weighted by Gasteiger charge is 2.27. The molecular formula is C23H22ClFN4O5. The van der Waals surface area contributed by atoms with Gasteiger partial charge >= 0.3 is 12.0 Å². The fourth-order valence-corrected chi connectivity index (χ4v) is 3.86. The van der Waals surface area contributed by atoms with Gasteiger partial charge in [0.1, 0.15) is 11.9 Å². The molecule has 0 aliphatic heterocycles. The van der Waals surface area contributed by atoms with Gasteiger partial charge in [-0.15, -0.1) is 5.10 Å². The second kappa shape index (κ2) is 10.2. The zero-order chi connectivity index (χ0) is 24.2. The van der Waals surface area contributed by atoms with Gasteiger partial charge in [0.05, 0.1) is 10.9 Å². The number of nitrogens with zero attached hydrogens (tertiary/aromatic N) is 3. The Morgan fingerprint density at radius 2 is 2.00 bits per heavy atom. The van der Waals surface area contributed by atoms with Gasteiger partial charge in [-0.2, -0.15) is 0 Å². The van der Waals surface area contributed by atoms with Crippen LogP contribution in [-0.4, -0.2) is 38.1 Å². The Kier molecular flexibility index (Phi) is 7.06. The number of ether oxygens (including phenoxy) is 1. The van der Waals surface area contributed by atoms with Crippen LogP contribution < -0.4 is 10.1 Å². The molecule has 0 unspecified atom stereocenters. The zero-order valence-corrected chi connectivity index (χ0v) is 19.0. The number of carbonyl (C=O) groups excluding carboxylic acids is 1. The number of hydrogen-bond acceptors (Lipinski definition) is 8. The molecule has 0 amide bonds. The number of carbonyl (C=O) groups is 2. The fourth-order valence-electron chi connectivity index (χ4n) is 3.74. The standard InChI is InChI=1S/C23H22ClFN4O5/c1-12-8-20(33-16-5-2-13(3-6-16)22(31)32)26-11-14(12)9-19(30)21-28-29-23(34-21)27-15-4-7-17(24)18(25)10-15/h4,7-8,10-11,13,16H,2-3,5-6,9H2,1H3,(H,27,29)(H,31,32). The van der Waals surface area contributed by atoms with E-state index in [9.17, 15) is 14.0 Å². The van der Waals surface area contributed by atoms with E-state index in [1.807, 2.05) is 6.92 Å². The molecule has 0 atom stereocenters. The summed E-state index contributed by atoms with van der Waals surface area (Å²) in [5, 5.41) is 19.3. The average Bonchev–Trinajstić information content (AvgIpc) is 3.27. The smallest absolute Gasteiger partial charge is 0.320 e. The summed E-state index contributed by atoms with van der Waals surface area (Å²) in [6.45, 7) is 1.84. The predicted octanol–water partition coefficient (Wildman–Crippen LogP) is 4.76. The van der Waals surface area contributed by atoms with E-state index in [0.29, 0.717) is 42.8 Å². The molecule has 0 saturated heterocycles. The number of aliphatic carboxylic acids is 1. The van der Waals surface area contributed by atoms with Crippen LogP contribution in [0, 0.1) is 18.7 Å². The Morgan fingerprint density at radius 1 is 1.24 bits per heavy atom. The van der Waals surface area contributed by atoms with Crippen molar-refractivity contribution in [2.45, 2.75) is 45.1 Å². The number of aromatic nitrogens is 3. The van der Waals surface area contributed by atoms with Gasteiger partial charge in [0, 0.05) is 24.4 Å². The molecule has 1 fully saturated rings. The molecule has 2 aromatic heterocycles. The zero-order valence-electron chi connectivity index (χ0n) is 18.3. The number of carboxylic acids is 1. The van der Waals surface area contributed by atoms with Gasteiger partial charge in [-0.25, -0.2) is 9.37 Å². The van der Waals surface area contributed by atoms with Crippen molar-refractivity contribution in [1.29, 1.82) is 0 Å². The van der Waals surface area contributed by atoms with Crippen LogP contribution in [-0.2, 0) is 11.2 Å². The Labute approximate surface area is 199 Å². The predicted molar refractivity (Wildman–Crippen MR) is 120 cm³/mol. The van der Waals surface area contributed by atoms with E-state index in [0.717, 1.165) is 5.56 Å². The monoisotopic (exact) mass is 488 g/mol. The van der Waals surface area contributed by atoms with Crippen molar-refractivity contribution in [2.24, 2.45) is 5.92 Å². The molecule has 3 aromatic rings. The maximum Gasteiger partial charge on any atom is 0.320 e. The third kappa shape index (κ3) is 5.69. The Balaban J connectivity index is 1.34. The number of aryl methyl sites for hydroxylation is 1. The van der Waals surface area contributed by atoms with Gasteiger partial charge in [-0.1, -0.05) is 16.7 Å². The van der Waals surface area contributed by atoms with Crippen LogP contribution in [0.25, 0.3) is 0 Å². The Morgan fingerprint density at radius 3 is 2.68 bits per heavy atom. The van der Waals surface area contributed by atoms with Crippen molar-refractivity contribution in [1.82, 2.24) is 15.2 Å². The molecule has 1 saturated carbocycles. The third-order valence-corrected chi connectivity index (χ3v) is 6.00. The molecule has 2 N–H and O–H groups in total. The number of anilines is 2. The molecule has 1 aliphatic carbocycles. The highest BCUT2D eigenvalue weighted by atomic mass is 35.5. The first kappa shape index (κ1) is 23.6. The minimum Gasteiger partial charge on any atom is -0.481 e. The van der Waals surface area contributed by atoms with E-state index in [1.165, 1.54) is 18.2 Å². The first-order chi connectivity index (χ1) is 16.3. The number of hydrogen-bond donors (Lipinski definition) is 2. The van der Waals surface area contributed by atoms with Gasteiger partial charge < -0.3 is 19.6 Å². The molecule has 1 aliphatic rings. The average molecular weight is 489 g/mol. The maximum absolute atomic E-state index is 13.6. The molecule has 9 nitrogen and oxygen atoms in total. The van der Waals surface area contributed by atoms with Crippen molar-refractivity contribution in [2.75, 3.05) is 5.32 Å². The van der Waals surface area contributed by atoms with Crippen LogP contribution in [0.3, 0.4) is 0 Å². The minimum absolute atomic E-state index is 0.0000396. The summed E-state index contributed by atoms with van der Waals surface area (Å²) in [5.41, 5.74) is 1.84. The minimum atomic E-state index is -0.760. The van der Waals surface area contributed by atoms with Gasteiger partial charge in [0.25, 0.3) is 5.89 Å². The summed E-state index contributed by atoms with van der Waals surface area (Å²) in [6, 6.07) is 5.78. The first-order valence-corrected chi connectivity index (χ1v) is 11.1. The van der Waals surface area contributed by atoms with Crippen molar-refractivity contribution in [3.63, 3.8) is 0 Å². The molecule has 178 valence electrons. The summed E-state index contributed by atoms with van der Waals surface area (Å²) in [7, 11) is 0. The number of ketones is 1. The maximum atomic E-state index is 13.6. The number of benzene rings is 1. The molecule has 11 heteroatoms. The third-order valence-electron chi connectivity index (χ3n) is 5.69. The van der Waals surface area contributed by atoms with E-state index >= 15 is 0 Å². The van der Waals surface area contributed by atoms with Crippen LogP contribution in [0.1, 0.15) is 47.5 Å². The summed E-state index contributed by atoms with van der Waals surface area (Å²) in [6.07, 6.45) is 3.98. The van der Waals surface area contributed by atoms with E-state index in [1.54, 1.807) is 12.3 Å². The molecule has 0 spiro atoms. The molecule has 2 heterocycles. The quantitative estimate of drug-likeness (QED) is 0.431. The van der Waals surface area contributed by atoms with E-state index in [2.05, 4.69) is 20.5 Å². The molecule has 1 aromatic carbocycles. The first-order valence-electron chi connectivity index (χ1n) is 10.7. The number of pyridine rings is 1. The van der Waals surface area contributed by atoms with Gasteiger partial charge in [-0.05, 0) is 61.9 Å². The van der Waals surface area contributed by atoms with Gasteiger partial charge in [0.2, 0.25) is 11.7 Å². The van der Waals surface area contributed by atoms with Crippen molar-refractivity contribution >= 4 is 35.1 Å². The normalized spacial score (nSPS) is 17.9. The lowest BCUT2D eigenvalue weighted by Gasteiger charge is -2.26. The lowest BCUT2D eigenvalue weighted by atomic mass is 9.87. The van der Waals surface area contributed by atoms with Gasteiger partial charge in [0.15, 0.2) is 0 Å². The van der Waals surface area contributed by atoms with Crippen LogP contribution in [0.5, 0.6) is 5.88 Å². The molecular weight excluding hydrogens is 467 g/mol. The van der Waals surface area contributed by atoms with E-state index in [-0.39, 0.29) is 35.4 Å². The number of nitrogens with one attached hydrogen (secondary N) is 1. The van der Waals surface area contributed by atoms with E-state index in [4.69, 9.17) is 25.9 Å². The topological polar surface area (TPSA) is 127 Å². The molecule has 34 heavy (non-hydrogen) atoms. The largest absolute Gasteiger partial charge is 0.481 e. The SMILES string of the molecule is Cc1cc(OC2CCC(C(=O)O)CC2)ncc1CC(=O)c1nnc(Nc2ccc(Cl)c(F)c2)o1. The molecule has 0 radical (unpaired) electrons. The highest BCUT2D eigenvalue weighted by molar-refractivity contribution is 6.30. The van der Waals surface area contributed by atoms with Crippen LogP contribution >= 0.6 is 11.6 Å². The lowest BCUT2D eigenvalue weighted by molar-refractivity contribution is -0.143. The number of Topliss-reactive ketones (excluding diaryl/α,β-unsaturated/α-hetero) is 1. The van der Waals surface area contributed by atoms with Crippen LogP contribution in [0.4, 0.5) is 16.1 Å². The van der Waals surface area contributed by atoms with Crippen molar-refractivity contribution in [3.05, 3.63) is 58.3 Å². The molecule has 4 rings (SSSR count). The summed E-state index contributed by atoms with van der Waals surface area (Å²) >= 11 is 5.66. The second-order valence-electron chi connectivity index (χ2n) is 8.14. The van der Waals surface area contributed by atoms with Gasteiger partial charge in [-0.3, -0.25) is 9.59 Å². The number of rotatable bonds is 8. The lowest BCUT2D eigenvalue weighted by Crippen LogP contribution is -2.28. The van der Waals surface area contributed by atoms with E-state index < -0.39 is 17.6 Å².